The first-order valence-corrected chi connectivity index (χ1v) is 5.34. The Morgan fingerprint density at radius 2 is 2.00 bits per heavy atom. The molecule has 0 aromatic heterocycles. The molecule has 1 aliphatic heterocycles. The van der Waals surface area contributed by atoms with Crippen LogP contribution in [0.1, 0.15) is 11.1 Å². The lowest BCUT2D eigenvalue weighted by Crippen LogP contribution is -2.36. The molecular weight excluding hydrogens is 190 g/mol. The largest absolute Gasteiger partial charge is 0.392 e. The fraction of sp³-hybridized carbons (Fsp3) is 0.500. The minimum atomic E-state index is 0.110. The van der Waals surface area contributed by atoms with E-state index in [-0.39, 0.29) is 6.61 Å². The highest BCUT2D eigenvalue weighted by molar-refractivity contribution is 5.51. The number of nitrogens with zero attached hydrogens (tertiary/aromatic N) is 1. The van der Waals surface area contributed by atoms with Gasteiger partial charge in [-0.2, -0.15) is 0 Å². The van der Waals surface area contributed by atoms with Crippen molar-refractivity contribution in [3.8, 4) is 0 Å². The van der Waals surface area contributed by atoms with Gasteiger partial charge in [-0.15, -0.1) is 0 Å². The zero-order valence-electron chi connectivity index (χ0n) is 9.07. The number of hydrogen-bond acceptors (Lipinski definition) is 3. The Bertz CT molecular complexity index is 332. The number of benzene rings is 1. The van der Waals surface area contributed by atoms with Gasteiger partial charge in [-0.1, -0.05) is 6.07 Å². The van der Waals surface area contributed by atoms with E-state index in [1.54, 1.807) is 0 Å². The third kappa shape index (κ3) is 2.49. The molecule has 1 aliphatic rings. The number of aryl methyl sites for hydroxylation is 1. The number of aliphatic hydroxyl groups excluding tert-OH is 1. The fourth-order valence-electron chi connectivity index (χ4n) is 1.94. The van der Waals surface area contributed by atoms with Crippen molar-refractivity contribution in [2.75, 3.05) is 31.2 Å². The van der Waals surface area contributed by atoms with Crippen molar-refractivity contribution in [3.05, 3.63) is 29.3 Å². The van der Waals surface area contributed by atoms with E-state index in [1.807, 2.05) is 6.07 Å². The molecule has 0 radical (unpaired) electrons. The summed E-state index contributed by atoms with van der Waals surface area (Å²) in [6.45, 7) is 5.63. The fourth-order valence-corrected chi connectivity index (χ4v) is 1.94. The van der Waals surface area contributed by atoms with Crippen LogP contribution in [0, 0.1) is 6.92 Å². The van der Waals surface area contributed by atoms with Crippen LogP contribution in [0.5, 0.6) is 0 Å². The van der Waals surface area contributed by atoms with Gasteiger partial charge in [0.15, 0.2) is 0 Å². The van der Waals surface area contributed by atoms with Crippen molar-refractivity contribution in [1.82, 2.24) is 0 Å². The zero-order chi connectivity index (χ0) is 10.7. The molecule has 3 heteroatoms. The number of anilines is 1. The first kappa shape index (κ1) is 10.5. The quantitative estimate of drug-likeness (QED) is 0.794. The van der Waals surface area contributed by atoms with Gasteiger partial charge in [-0.25, -0.2) is 0 Å². The van der Waals surface area contributed by atoms with Gasteiger partial charge in [-0.05, 0) is 30.2 Å². The average molecular weight is 207 g/mol. The Morgan fingerprint density at radius 3 is 2.67 bits per heavy atom. The van der Waals surface area contributed by atoms with E-state index in [4.69, 9.17) is 9.84 Å². The topological polar surface area (TPSA) is 32.7 Å². The van der Waals surface area contributed by atoms with Gasteiger partial charge < -0.3 is 14.7 Å². The maximum absolute atomic E-state index is 9.14. The molecule has 15 heavy (non-hydrogen) atoms. The minimum Gasteiger partial charge on any atom is -0.392 e. The number of rotatable bonds is 2. The standard InChI is InChI=1S/C12H17NO2/c1-10-6-11(9-14)8-12(7-10)13-2-4-15-5-3-13/h6-8,14H,2-5,9H2,1H3. The summed E-state index contributed by atoms with van der Waals surface area (Å²) < 4.78 is 5.32. The van der Waals surface area contributed by atoms with E-state index >= 15 is 0 Å². The Kier molecular flexibility index (Phi) is 3.23. The van der Waals surface area contributed by atoms with Gasteiger partial charge in [0.05, 0.1) is 19.8 Å². The smallest absolute Gasteiger partial charge is 0.0682 e. The molecular formula is C12H17NO2. The van der Waals surface area contributed by atoms with Crippen molar-refractivity contribution < 1.29 is 9.84 Å². The number of ether oxygens (including phenoxy) is 1. The summed E-state index contributed by atoms with van der Waals surface area (Å²) in [5.74, 6) is 0. The second-order valence-electron chi connectivity index (χ2n) is 3.93. The lowest BCUT2D eigenvalue weighted by atomic mass is 10.1. The van der Waals surface area contributed by atoms with E-state index in [0.29, 0.717) is 0 Å². The Labute approximate surface area is 90.3 Å². The van der Waals surface area contributed by atoms with Crippen molar-refractivity contribution in [1.29, 1.82) is 0 Å². The van der Waals surface area contributed by atoms with Crippen molar-refractivity contribution in [2.24, 2.45) is 0 Å². The van der Waals surface area contributed by atoms with Crippen molar-refractivity contribution >= 4 is 5.69 Å². The van der Waals surface area contributed by atoms with Crippen LogP contribution in [-0.2, 0) is 11.3 Å². The van der Waals surface area contributed by atoms with Gasteiger partial charge in [0.1, 0.15) is 0 Å². The summed E-state index contributed by atoms with van der Waals surface area (Å²) >= 11 is 0. The summed E-state index contributed by atoms with van der Waals surface area (Å²) in [5, 5.41) is 9.14. The monoisotopic (exact) mass is 207 g/mol. The van der Waals surface area contributed by atoms with Crippen LogP contribution in [0.3, 0.4) is 0 Å². The summed E-state index contributed by atoms with van der Waals surface area (Å²) in [6, 6.07) is 6.23. The third-order valence-electron chi connectivity index (χ3n) is 2.68. The molecule has 0 atom stereocenters. The van der Waals surface area contributed by atoms with Crippen LogP contribution in [-0.4, -0.2) is 31.4 Å². The molecule has 3 nitrogen and oxygen atoms in total. The molecule has 1 aromatic rings. The average Bonchev–Trinajstić information content (AvgIpc) is 2.29. The van der Waals surface area contributed by atoms with E-state index in [9.17, 15) is 0 Å². The Morgan fingerprint density at radius 1 is 1.27 bits per heavy atom. The van der Waals surface area contributed by atoms with Crippen LogP contribution in [0.2, 0.25) is 0 Å². The van der Waals surface area contributed by atoms with E-state index < -0.39 is 0 Å². The lowest BCUT2D eigenvalue weighted by Gasteiger charge is -2.29. The molecule has 0 unspecified atom stereocenters. The second-order valence-corrected chi connectivity index (χ2v) is 3.93. The second kappa shape index (κ2) is 4.64. The summed E-state index contributed by atoms with van der Waals surface area (Å²) in [7, 11) is 0. The van der Waals surface area contributed by atoms with Crippen LogP contribution in [0.15, 0.2) is 18.2 Å². The highest BCUT2D eigenvalue weighted by atomic mass is 16.5. The van der Waals surface area contributed by atoms with Crippen LogP contribution >= 0.6 is 0 Å². The predicted octanol–water partition coefficient (Wildman–Crippen LogP) is 1.32. The maximum Gasteiger partial charge on any atom is 0.0682 e. The van der Waals surface area contributed by atoms with Gasteiger partial charge in [0, 0.05) is 18.8 Å². The molecule has 0 amide bonds. The Balaban J connectivity index is 2.22. The zero-order valence-corrected chi connectivity index (χ0v) is 9.07. The summed E-state index contributed by atoms with van der Waals surface area (Å²) in [5.41, 5.74) is 3.38. The lowest BCUT2D eigenvalue weighted by molar-refractivity contribution is 0.122. The highest BCUT2D eigenvalue weighted by Gasteiger charge is 2.11. The summed E-state index contributed by atoms with van der Waals surface area (Å²) in [6.07, 6.45) is 0. The van der Waals surface area contributed by atoms with Crippen LogP contribution in [0.4, 0.5) is 5.69 Å². The Hall–Kier alpha value is -1.06. The SMILES string of the molecule is Cc1cc(CO)cc(N2CCOCC2)c1. The maximum atomic E-state index is 9.14. The number of aliphatic hydroxyl groups is 1. The highest BCUT2D eigenvalue weighted by Crippen LogP contribution is 2.20. The van der Waals surface area contributed by atoms with Gasteiger partial charge in [0.25, 0.3) is 0 Å². The molecule has 1 saturated heterocycles. The van der Waals surface area contributed by atoms with Gasteiger partial charge in [0.2, 0.25) is 0 Å². The molecule has 0 spiro atoms. The third-order valence-corrected chi connectivity index (χ3v) is 2.68. The molecule has 1 heterocycles. The molecule has 2 rings (SSSR count). The molecule has 0 bridgehead atoms. The predicted molar refractivity (Wildman–Crippen MR) is 60.1 cm³/mol. The molecule has 1 N–H and O–H groups in total. The molecule has 1 fully saturated rings. The van der Waals surface area contributed by atoms with Gasteiger partial charge in [-0.3, -0.25) is 0 Å². The first-order chi connectivity index (χ1) is 7.29. The first-order valence-electron chi connectivity index (χ1n) is 5.34. The van der Waals surface area contributed by atoms with Crippen LogP contribution in [0.25, 0.3) is 0 Å². The van der Waals surface area contributed by atoms with Crippen molar-refractivity contribution in [2.45, 2.75) is 13.5 Å². The molecule has 1 aromatic carbocycles. The number of morpholine rings is 1. The molecule has 82 valence electrons. The molecule has 0 aliphatic carbocycles. The van der Waals surface area contributed by atoms with E-state index in [0.717, 1.165) is 31.9 Å². The number of hydrogen-bond donors (Lipinski definition) is 1. The molecule has 0 saturated carbocycles. The van der Waals surface area contributed by atoms with Crippen LogP contribution < -0.4 is 4.90 Å². The van der Waals surface area contributed by atoms with Gasteiger partial charge >= 0.3 is 0 Å². The minimum absolute atomic E-state index is 0.110. The van der Waals surface area contributed by atoms with Crippen molar-refractivity contribution in [3.63, 3.8) is 0 Å². The van der Waals surface area contributed by atoms with E-state index in [1.165, 1.54) is 11.3 Å². The normalized spacial score (nSPS) is 16.8. The van der Waals surface area contributed by atoms with E-state index in [2.05, 4.69) is 24.0 Å². The summed E-state index contributed by atoms with van der Waals surface area (Å²) in [4.78, 5) is 2.30.